The summed E-state index contributed by atoms with van der Waals surface area (Å²) in [5.41, 5.74) is 1.57. The van der Waals surface area contributed by atoms with Crippen molar-refractivity contribution in [3.8, 4) is 5.82 Å². The molecule has 8 nitrogen and oxygen atoms in total. The summed E-state index contributed by atoms with van der Waals surface area (Å²) >= 11 is 1.35. The van der Waals surface area contributed by atoms with Crippen LogP contribution < -0.4 is 10.6 Å². The Hall–Kier alpha value is -2.81. The molecule has 3 rings (SSSR count). The van der Waals surface area contributed by atoms with Crippen LogP contribution in [0.25, 0.3) is 5.82 Å². The topological polar surface area (TPSA) is 97.6 Å². The van der Waals surface area contributed by atoms with Crippen LogP contribution in [0.15, 0.2) is 31.0 Å². The Kier molecular flexibility index (Phi) is 4.80. The summed E-state index contributed by atoms with van der Waals surface area (Å²) in [4.78, 5) is 25.6. The fraction of sp³-hybridized carbons (Fsp3) is 0.267. The predicted octanol–water partition coefficient (Wildman–Crippen LogP) is 1.79. The summed E-state index contributed by atoms with van der Waals surface area (Å²) in [6.45, 7) is 4.93. The summed E-state index contributed by atoms with van der Waals surface area (Å²) in [6.07, 6.45) is 4.70. The first-order valence-corrected chi connectivity index (χ1v) is 8.29. The lowest BCUT2D eigenvalue weighted by molar-refractivity contribution is 0.0954. The Bertz CT molecular complexity index is 828. The lowest BCUT2D eigenvalue weighted by atomic mass is 10.2. The van der Waals surface area contributed by atoms with Crippen LogP contribution in [0.5, 0.6) is 0 Å². The monoisotopic (exact) mass is 343 g/mol. The van der Waals surface area contributed by atoms with Gasteiger partial charge in [-0.3, -0.25) is 4.79 Å². The lowest BCUT2D eigenvalue weighted by Crippen LogP contribution is -2.23. The van der Waals surface area contributed by atoms with Gasteiger partial charge in [0.1, 0.15) is 17.5 Å². The van der Waals surface area contributed by atoms with Gasteiger partial charge in [-0.05, 0) is 19.9 Å². The molecule has 0 atom stereocenters. The minimum absolute atomic E-state index is 0.150. The number of rotatable bonds is 6. The maximum atomic E-state index is 12.4. The fourth-order valence-corrected chi connectivity index (χ4v) is 3.13. The number of aromatic nitrogens is 5. The normalized spacial score (nSPS) is 10.6. The quantitative estimate of drug-likeness (QED) is 0.708. The summed E-state index contributed by atoms with van der Waals surface area (Å²) in [7, 11) is 0. The number of carbonyl (C=O) groups excluding carboxylic acids is 1. The third-order valence-corrected chi connectivity index (χ3v) is 4.39. The molecule has 24 heavy (non-hydrogen) atoms. The van der Waals surface area contributed by atoms with Crippen molar-refractivity contribution in [3.05, 3.63) is 47.1 Å². The van der Waals surface area contributed by atoms with Crippen LogP contribution in [0.1, 0.15) is 27.9 Å². The minimum atomic E-state index is -0.150. The Morgan fingerprint density at radius 2 is 2.29 bits per heavy atom. The molecular weight excluding hydrogens is 326 g/mol. The summed E-state index contributed by atoms with van der Waals surface area (Å²) in [5, 5.41) is 10.9. The number of carbonyl (C=O) groups is 1. The Morgan fingerprint density at radius 1 is 1.42 bits per heavy atom. The summed E-state index contributed by atoms with van der Waals surface area (Å²) in [6, 6.07) is 3.72. The van der Waals surface area contributed by atoms with Crippen LogP contribution >= 0.6 is 11.3 Å². The number of hydrogen-bond acceptors (Lipinski definition) is 7. The van der Waals surface area contributed by atoms with Gasteiger partial charge in [-0.1, -0.05) is 17.4 Å². The molecule has 0 fully saturated rings. The van der Waals surface area contributed by atoms with E-state index in [2.05, 4.69) is 30.7 Å². The van der Waals surface area contributed by atoms with Crippen molar-refractivity contribution in [1.82, 2.24) is 30.0 Å². The zero-order valence-corrected chi connectivity index (χ0v) is 14.2. The van der Waals surface area contributed by atoms with Crippen molar-refractivity contribution in [2.24, 2.45) is 0 Å². The Morgan fingerprint density at radius 3 is 3.04 bits per heavy atom. The van der Waals surface area contributed by atoms with Crippen molar-refractivity contribution in [3.63, 3.8) is 0 Å². The lowest BCUT2D eigenvalue weighted by Gasteiger charge is -2.08. The van der Waals surface area contributed by atoms with Crippen LogP contribution in [0, 0.1) is 6.92 Å². The molecule has 0 radical (unpaired) electrons. The summed E-state index contributed by atoms with van der Waals surface area (Å²) in [5.74, 6) is 0.493. The van der Waals surface area contributed by atoms with Crippen LogP contribution in [-0.4, -0.2) is 37.2 Å². The molecule has 0 saturated heterocycles. The molecule has 1 amide bonds. The number of nitrogens with one attached hydrogen (secondary N) is 2. The number of thiazole rings is 1. The van der Waals surface area contributed by atoms with Gasteiger partial charge in [-0.25, -0.2) is 19.6 Å². The fourth-order valence-electron chi connectivity index (χ4n) is 2.18. The third-order valence-electron chi connectivity index (χ3n) is 3.27. The SMILES string of the molecule is CCNc1nc(C)c(C(=O)NCc2cccnc2-n2cncn2)s1. The third kappa shape index (κ3) is 3.40. The average molecular weight is 343 g/mol. The number of amides is 1. The molecule has 2 N–H and O–H groups in total. The highest BCUT2D eigenvalue weighted by atomic mass is 32.1. The molecule has 0 aliphatic heterocycles. The van der Waals surface area contributed by atoms with Gasteiger partial charge in [0.25, 0.3) is 5.91 Å². The predicted molar refractivity (Wildman–Crippen MR) is 91.3 cm³/mol. The molecule has 3 heterocycles. The van der Waals surface area contributed by atoms with Crippen LogP contribution in [-0.2, 0) is 6.54 Å². The summed E-state index contributed by atoms with van der Waals surface area (Å²) < 4.78 is 1.57. The van der Waals surface area contributed by atoms with E-state index in [0.29, 0.717) is 17.2 Å². The van der Waals surface area contributed by atoms with Gasteiger partial charge in [-0.2, -0.15) is 5.10 Å². The van der Waals surface area contributed by atoms with Crippen molar-refractivity contribution in [2.45, 2.75) is 20.4 Å². The molecule has 9 heteroatoms. The molecule has 0 spiro atoms. The van der Waals surface area contributed by atoms with Gasteiger partial charge in [0.05, 0.1) is 5.69 Å². The molecule has 0 unspecified atom stereocenters. The number of hydrogen-bond donors (Lipinski definition) is 2. The molecule has 0 bridgehead atoms. The zero-order chi connectivity index (χ0) is 16.9. The maximum absolute atomic E-state index is 12.4. The van der Waals surface area contributed by atoms with E-state index in [9.17, 15) is 4.79 Å². The van der Waals surface area contributed by atoms with E-state index in [-0.39, 0.29) is 5.91 Å². The smallest absolute Gasteiger partial charge is 0.263 e. The molecule has 0 saturated carbocycles. The highest BCUT2D eigenvalue weighted by Gasteiger charge is 2.16. The highest BCUT2D eigenvalue weighted by molar-refractivity contribution is 7.17. The molecule has 0 aliphatic rings. The van der Waals surface area contributed by atoms with E-state index in [1.165, 1.54) is 17.7 Å². The standard InChI is InChI=1S/C15H17N7OS/c1-3-17-15-21-10(2)12(24-15)14(23)19-7-11-5-4-6-18-13(11)22-9-16-8-20-22/h4-6,8-9H,3,7H2,1-2H3,(H,17,21)(H,19,23). The van der Waals surface area contributed by atoms with Gasteiger partial charge < -0.3 is 10.6 Å². The molecule has 124 valence electrons. The van der Waals surface area contributed by atoms with Gasteiger partial charge in [0.15, 0.2) is 10.9 Å². The molecule has 0 aromatic carbocycles. The first-order chi connectivity index (χ1) is 11.7. The van der Waals surface area contributed by atoms with Gasteiger partial charge in [0, 0.05) is 24.8 Å². The van der Waals surface area contributed by atoms with Crippen molar-refractivity contribution in [2.75, 3.05) is 11.9 Å². The van der Waals surface area contributed by atoms with Crippen molar-refractivity contribution in [1.29, 1.82) is 0 Å². The zero-order valence-electron chi connectivity index (χ0n) is 13.4. The van der Waals surface area contributed by atoms with E-state index in [1.54, 1.807) is 17.2 Å². The van der Waals surface area contributed by atoms with E-state index in [4.69, 9.17) is 0 Å². The number of nitrogens with zero attached hydrogens (tertiary/aromatic N) is 5. The maximum Gasteiger partial charge on any atom is 0.263 e. The van der Waals surface area contributed by atoms with Crippen molar-refractivity contribution < 1.29 is 4.79 Å². The Balaban J connectivity index is 1.73. The molecular formula is C15H17N7OS. The molecule has 0 aliphatic carbocycles. The van der Waals surface area contributed by atoms with Gasteiger partial charge >= 0.3 is 0 Å². The van der Waals surface area contributed by atoms with Gasteiger partial charge in [-0.15, -0.1) is 0 Å². The molecule has 3 aromatic heterocycles. The van der Waals surface area contributed by atoms with E-state index in [0.717, 1.165) is 22.9 Å². The van der Waals surface area contributed by atoms with E-state index in [1.807, 2.05) is 26.0 Å². The van der Waals surface area contributed by atoms with Crippen molar-refractivity contribution >= 4 is 22.4 Å². The first-order valence-electron chi connectivity index (χ1n) is 7.47. The van der Waals surface area contributed by atoms with Gasteiger partial charge in [0.2, 0.25) is 0 Å². The second-order valence-electron chi connectivity index (χ2n) is 4.97. The molecule has 3 aromatic rings. The van der Waals surface area contributed by atoms with Crippen LogP contribution in [0.3, 0.4) is 0 Å². The highest BCUT2D eigenvalue weighted by Crippen LogP contribution is 2.22. The number of anilines is 1. The van der Waals surface area contributed by atoms with Crippen LogP contribution in [0.2, 0.25) is 0 Å². The largest absolute Gasteiger partial charge is 0.362 e. The van der Waals surface area contributed by atoms with Crippen LogP contribution in [0.4, 0.5) is 5.13 Å². The van der Waals surface area contributed by atoms with E-state index >= 15 is 0 Å². The minimum Gasteiger partial charge on any atom is -0.362 e. The Labute approximate surface area is 143 Å². The van der Waals surface area contributed by atoms with E-state index < -0.39 is 0 Å². The second-order valence-corrected chi connectivity index (χ2v) is 5.97. The first kappa shape index (κ1) is 16.1. The average Bonchev–Trinajstić information content (AvgIpc) is 3.23. The number of pyridine rings is 1. The number of aryl methyl sites for hydroxylation is 1. The second kappa shape index (κ2) is 7.18.